The highest BCUT2D eigenvalue weighted by molar-refractivity contribution is 6.11. The zero-order valence-corrected chi connectivity index (χ0v) is 16.6. The van der Waals surface area contributed by atoms with E-state index >= 15 is 0 Å². The summed E-state index contributed by atoms with van der Waals surface area (Å²) in [6, 6.07) is 11.2. The van der Waals surface area contributed by atoms with Crippen LogP contribution in [-0.2, 0) is 14.3 Å². The van der Waals surface area contributed by atoms with Crippen molar-refractivity contribution in [2.45, 2.75) is 19.3 Å². The Balaban J connectivity index is 2.05. The third-order valence-corrected chi connectivity index (χ3v) is 5.06. The molecule has 2 aromatic rings. The zero-order valence-electron chi connectivity index (χ0n) is 16.6. The maximum absolute atomic E-state index is 13.4. The first-order valence-corrected chi connectivity index (χ1v) is 9.37. The van der Waals surface area contributed by atoms with Crippen LogP contribution in [0.25, 0.3) is 5.57 Å². The maximum atomic E-state index is 13.4. The van der Waals surface area contributed by atoms with E-state index in [0.717, 1.165) is 11.1 Å². The Hall–Kier alpha value is -3.15. The zero-order chi connectivity index (χ0) is 21.0. The first-order chi connectivity index (χ1) is 14.0. The molecule has 3 rings (SSSR count). The van der Waals surface area contributed by atoms with Crippen molar-refractivity contribution < 1.29 is 28.2 Å². The van der Waals surface area contributed by atoms with E-state index in [9.17, 15) is 14.0 Å². The first kappa shape index (κ1) is 20.6. The highest BCUT2D eigenvalue weighted by atomic mass is 19.1. The number of hydrogen-bond donors (Lipinski definition) is 0. The number of methoxy groups -OCH3 is 2. The van der Waals surface area contributed by atoms with Crippen molar-refractivity contribution in [2.75, 3.05) is 20.8 Å². The second-order valence-corrected chi connectivity index (χ2v) is 6.73. The molecule has 0 aliphatic heterocycles. The average molecular weight is 398 g/mol. The van der Waals surface area contributed by atoms with Crippen LogP contribution >= 0.6 is 0 Å². The lowest BCUT2D eigenvalue weighted by Gasteiger charge is -2.30. The standard InChI is InChI=1S/C23H23FO5/c1-4-29-23(26)22-19(14-5-7-16(24)8-6-14)11-15(12-20(22)25)18-10-9-17(27-2)13-21(18)28-3/h5-10,12-13,19,22H,4,11H2,1-3H3/t19-,22-/m1/s1. The van der Waals surface area contributed by atoms with Crippen molar-refractivity contribution in [2.24, 2.45) is 5.92 Å². The van der Waals surface area contributed by atoms with Gasteiger partial charge in [-0.1, -0.05) is 12.1 Å². The molecule has 0 N–H and O–H groups in total. The van der Waals surface area contributed by atoms with Gasteiger partial charge in [0.15, 0.2) is 5.78 Å². The second kappa shape index (κ2) is 8.90. The highest BCUT2D eigenvalue weighted by Gasteiger charge is 2.40. The van der Waals surface area contributed by atoms with Crippen LogP contribution in [0, 0.1) is 11.7 Å². The summed E-state index contributed by atoms with van der Waals surface area (Å²) in [4.78, 5) is 25.5. The lowest BCUT2D eigenvalue weighted by atomic mass is 9.73. The van der Waals surface area contributed by atoms with Crippen molar-refractivity contribution >= 4 is 17.3 Å². The Morgan fingerprint density at radius 2 is 1.83 bits per heavy atom. The quantitative estimate of drug-likeness (QED) is 0.540. The van der Waals surface area contributed by atoms with Gasteiger partial charge in [-0.3, -0.25) is 9.59 Å². The average Bonchev–Trinajstić information content (AvgIpc) is 2.73. The van der Waals surface area contributed by atoms with Gasteiger partial charge in [-0.25, -0.2) is 4.39 Å². The molecule has 1 aliphatic rings. The molecule has 0 radical (unpaired) electrons. The Kier molecular flexibility index (Phi) is 6.32. The third-order valence-electron chi connectivity index (χ3n) is 5.06. The van der Waals surface area contributed by atoms with E-state index in [2.05, 4.69) is 0 Å². The normalized spacial score (nSPS) is 18.8. The third kappa shape index (κ3) is 4.31. The van der Waals surface area contributed by atoms with Crippen molar-refractivity contribution in [3.8, 4) is 11.5 Å². The van der Waals surface area contributed by atoms with E-state index < -0.39 is 17.8 Å². The summed E-state index contributed by atoms with van der Waals surface area (Å²) in [5, 5.41) is 0. The van der Waals surface area contributed by atoms with Gasteiger partial charge in [0, 0.05) is 17.5 Å². The number of rotatable bonds is 6. The molecule has 0 saturated carbocycles. The first-order valence-electron chi connectivity index (χ1n) is 9.37. The Bertz CT molecular complexity index is 933. The molecule has 2 aromatic carbocycles. The number of halogens is 1. The molecule has 29 heavy (non-hydrogen) atoms. The molecule has 6 heteroatoms. The lowest BCUT2D eigenvalue weighted by molar-refractivity contribution is -0.151. The van der Waals surface area contributed by atoms with E-state index in [0.29, 0.717) is 23.5 Å². The van der Waals surface area contributed by atoms with Crippen LogP contribution in [0.1, 0.15) is 30.4 Å². The predicted octanol–water partition coefficient (Wildman–Crippen LogP) is 4.16. The Morgan fingerprint density at radius 3 is 2.45 bits per heavy atom. The smallest absolute Gasteiger partial charge is 0.317 e. The van der Waals surface area contributed by atoms with Crippen LogP contribution in [0.2, 0.25) is 0 Å². The molecule has 0 amide bonds. The van der Waals surface area contributed by atoms with Gasteiger partial charge in [0.25, 0.3) is 0 Å². The van der Waals surface area contributed by atoms with Crippen LogP contribution in [0.4, 0.5) is 4.39 Å². The van der Waals surface area contributed by atoms with E-state index in [4.69, 9.17) is 14.2 Å². The number of carbonyl (C=O) groups is 2. The number of ketones is 1. The van der Waals surface area contributed by atoms with Gasteiger partial charge >= 0.3 is 5.97 Å². The van der Waals surface area contributed by atoms with Crippen LogP contribution in [0.3, 0.4) is 0 Å². The molecule has 2 atom stereocenters. The van der Waals surface area contributed by atoms with E-state index in [1.165, 1.54) is 18.2 Å². The van der Waals surface area contributed by atoms with Gasteiger partial charge in [-0.15, -0.1) is 0 Å². The summed E-state index contributed by atoms with van der Waals surface area (Å²) in [7, 11) is 3.11. The van der Waals surface area contributed by atoms with E-state index in [-0.39, 0.29) is 18.2 Å². The molecule has 152 valence electrons. The summed E-state index contributed by atoms with van der Waals surface area (Å²) >= 11 is 0. The van der Waals surface area contributed by atoms with Crippen LogP contribution < -0.4 is 9.47 Å². The minimum absolute atomic E-state index is 0.182. The van der Waals surface area contributed by atoms with Crippen LogP contribution in [0.15, 0.2) is 48.5 Å². The summed E-state index contributed by atoms with van der Waals surface area (Å²) in [6.45, 7) is 1.88. The van der Waals surface area contributed by atoms with Gasteiger partial charge in [-0.05, 0) is 54.8 Å². The predicted molar refractivity (Wildman–Crippen MR) is 106 cm³/mol. The summed E-state index contributed by atoms with van der Waals surface area (Å²) < 4.78 is 29.3. The Labute approximate surface area is 169 Å². The number of hydrogen-bond acceptors (Lipinski definition) is 5. The topological polar surface area (TPSA) is 61.8 Å². The molecule has 0 unspecified atom stereocenters. The van der Waals surface area contributed by atoms with Gasteiger partial charge in [0.2, 0.25) is 0 Å². The van der Waals surface area contributed by atoms with Gasteiger partial charge in [-0.2, -0.15) is 0 Å². The molecule has 0 heterocycles. The van der Waals surface area contributed by atoms with Crippen molar-refractivity contribution in [3.05, 3.63) is 65.5 Å². The summed E-state index contributed by atoms with van der Waals surface area (Å²) in [5.74, 6) is -1.51. The minimum atomic E-state index is -0.964. The van der Waals surface area contributed by atoms with E-state index in [1.54, 1.807) is 45.4 Å². The lowest BCUT2D eigenvalue weighted by Crippen LogP contribution is -2.34. The largest absolute Gasteiger partial charge is 0.497 e. The summed E-state index contributed by atoms with van der Waals surface area (Å²) in [5.41, 5.74) is 2.19. The van der Waals surface area contributed by atoms with E-state index in [1.807, 2.05) is 6.07 Å². The summed E-state index contributed by atoms with van der Waals surface area (Å²) in [6.07, 6.45) is 1.88. The number of ether oxygens (including phenoxy) is 3. The molecule has 0 saturated heterocycles. The fourth-order valence-electron chi connectivity index (χ4n) is 3.66. The molecular weight excluding hydrogens is 375 g/mol. The number of allylic oxidation sites excluding steroid dienone is 2. The molecule has 0 fully saturated rings. The number of esters is 1. The van der Waals surface area contributed by atoms with Crippen molar-refractivity contribution in [1.82, 2.24) is 0 Å². The van der Waals surface area contributed by atoms with Crippen LogP contribution in [-0.4, -0.2) is 32.6 Å². The molecule has 0 spiro atoms. The highest BCUT2D eigenvalue weighted by Crippen LogP contribution is 2.43. The fraction of sp³-hybridized carbons (Fsp3) is 0.304. The minimum Gasteiger partial charge on any atom is -0.497 e. The monoisotopic (exact) mass is 398 g/mol. The molecule has 0 bridgehead atoms. The van der Waals surface area contributed by atoms with Gasteiger partial charge < -0.3 is 14.2 Å². The van der Waals surface area contributed by atoms with Crippen LogP contribution in [0.5, 0.6) is 11.5 Å². The van der Waals surface area contributed by atoms with Crippen molar-refractivity contribution in [3.63, 3.8) is 0 Å². The molecule has 0 aromatic heterocycles. The SMILES string of the molecule is CCOC(=O)[C@H]1C(=O)C=C(c2ccc(OC)cc2OC)C[C@@H]1c1ccc(F)cc1. The Morgan fingerprint density at radius 1 is 1.10 bits per heavy atom. The molecule has 5 nitrogen and oxygen atoms in total. The molecular formula is C23H23FO5. The second-order valence-electron chi connectivity index (χ2n) is 6.73. The molecule has 1 aliphatic carbocycles. The number of carbonyl (C=O) groups excluding carboxylic acids is 2. The van der Waals surface area contributed by atoms with Crippen molar-refractivity contribution in [1.29, 1.82) is 0 Å². The van der Waals surface area contributed by atoms with Gasteiger partial charge in [0.05, 0.1) is 20.8 Å². The maximum Gasteiger partial charge on any atom is 0.317 e. The van der Waals surface area contributed by atoms with Gasteiger partial charge in [0.1, 0.15) is 23.2 Å². The fourth-order valence-corrected chi connectivity index (χ4v) is 3.66. The number of benzene rings is 2.